The van der Waals surface area contributed by atoms with Gasteiger partial charge >= 0.3 is 0 Å². The van der Waals surface area contributed by atoms with Crippen LogP contribution in [0.15, 0.2) is 67.0 Å². The van der Waals surface area contributed by atoms with Crippen LogP contribution in [0.1, 0.15) is 23.7 Å². The zero-order valence-corrected chi connectivity index (χ0v) is 15.2. The molecule has 3 aromatic rings. The van der Waals surface area contributed by atoms with Crippen LogP contribution in [0.4, 0.5) is 4.39 Å². The molecule has 0 bridgehead atoms. The van der Waals surface area contributed by atoms with Gasteiger partial charge in [-0.1, -0.05) is 12.1 Å². The molecule has 0 radical (unpaired) electrons. The van der Waals surface area contributed by atoms with Crippen molar-refractivity contribution < 1.29 is 13.9 Å². The van der Waals surface area contributed by atoms with Gasteiger partial charge in [-0.15, -0.1) is 0 Å². The molecule has 0 aliphatic heterocycles. The van der Waals surface area contributed by atoms with E-state index in [0.29, 0.717) is 37.4 Å². The molecule has 1 heterocycles. The molecule has 0 unspecified atom stereocenters. The van der Waals surface area contributed by atoms with Gasteiger partial charge in [-0.3, -0.25) is 4.79 Å². The van der Waals surface area contributed by atoms with Gasteiger partial charge in [0.05, 0.1) is 17.9 Å². The van der Waals surface area contributed by atoms with E-state index in [2.05, 4.69) is 5.10 Å². The van der Waals surface area contributed by atoms with Crippen LogP contribution in [0.5, 0.6) is 5.75 Å². The molecular formula is C21H22FN3O2. The van der Waals surface area contributed by atoms with E-state index in [9.17, 15) is 9.18 Å². The van der Waals surface area contributed by atoms with Gasteiger partial charge in [-0.05, 0) is 55.8 Å². The third-order valence-electron chi connectivity index (χ3n) is 4.21. The monoisotopic (exact) mass is 367 g/mol. The van der Waals surface area contributed by atoms with Gasteiger partial charge in [-0.25, -0.2) is 9.07 Å². The lowest BCUT2D eigenvalue weighted by Crippen LogP contribution is -2.33. The Morgan fingerprint density at radius 2 is 1.93 bits per heavy atom. The first-order valence-corrected chi connectivity index (χ1v) is 8.95. The fourth-order valence-electron chi connectivity index (χ4n) is 2.82. The zero-order valence-electron chi connectivity index (χ0n) is 15.2. The molecule has 0 fully saturated rings. The lowest BCUT2D eigenvalue weighted by Gasteiger charge is -2.22. The van der Waals surface area contributed by atoms with Crippen LogP contribution in [0.2, 0.25) is 0 Å². The van der Waals surface area contributed by atoms with Crippen LogP contribution in [-0.4, -0.2) is 40.3 Å². The number of rotatable bonds is 8. The molecule has 27 heavy (non-hydrogen) atoms. The van der Waals surface area contributed by atoms with Gasteiger partial charge in [-0.2, -0.15) is 5.10 Å². The van der Waals surface area contributed by atoms with E-state index in [1.807, 2.05) is 43.5 Å². The average Bonchev–Trinajstić information content (AvgIpc) is 3.24. The number of para-hydroxylation sites is 1. The molecule has 5 nitrogen and oxygen atoms in total. The number of ether oxygens (including phenoxy) is 1. The van der Waals surface area contributed by atoms with Crippen molar-refractivity contribution >= 4 is 5.91 Å². The minimum absolute atomic E-state index is 0.0367. The molecule has 140 valence electrons. The van der Waals surface area contributed by atoms with Crippen LogP contribution in [0.3, 0.4) is 0 Å². The number of halogens is 1. The number of nitrogens with zero attached hydrogens (tertiary/aromatic N) is 3. The second kappa shape index (κ2) is 8.98. The Bertz CT molecular complexity index is 863. The molecule has 0 N–H and O–H groups in total. The van der Waals surface area contributed by atoms with E-state index in [1.54, 1.807) is 27.9 Å². The van der Waals surface area contributed by atoms with Gasteiger partial charge in [0.2, 0.25) is 0 Å². The predicted octanol–water partition coefficient (Wildman–Crippen LogP) is 3.94. The maximum Gasteiger partial charge on any atom is 0.256 e. The number of hydrogen-bond acceptors (Lipinski definition) is 3. The minimum Gasteiger partial charge on any atom is -0.494 e. The molecule has 2 aromatic carbocycles. The van der Waals surface area contributed by atoms with Crippen molar-refractivity contribution in [3.63, 3.8) is 0 Å². The number of benzene rings is 2. The summed E-state index contributed by atoms with van der Waals surface area (Å²) in [5.41, 5.74) is 1.37. The van der Waals surface area contributed by atoms with Crippen molar-refractivity contribution in [3.8, 4) is 11.4 Å². The SMILES string of the molecule is CCN(CCCOc1ccc(F)cc1)C(=O)c1ccccc1-n1cccn1. The van der Waals surface area contributed by atoms with E-state index in [4.69, 9.17) is 4.74 Å². The highest BCUT2D eigenvalue weighted by Gasteiger charge is 2.18. The molecule has 6 heteroatoms. The van der Waals surface area contributed by atoms with Crippen molar-refractivity contribution in [1.82, 2.24) is 14.7 Å². The third-order valence-corrected chi connectivity index (χ3v) is 4.21. The van der Waals surface area contributed by atoms with E-state index in [1.165, 1.54) is 12.1 Å². The number of amides is 1. The van der Waals surface area contributed by atoms with E-state index >= 15 is 0 Å². The average molecular weight is 367 g/mol. The second-order valence-electron chi connectivity index (χ2n) is 6.01. The topological polar surface area (TPSA) is 47.4 Å². The van der Waals surface area contributed by atoms with E-state index in [0.717, 1.165) is 5.69 Å². The first kappa shape index (κ1) is 18.6. The van der Waals surface area contributed by atoms with Gasteiger partial charge in [0.15, 0.2) is 0 Å². The molecule has 0 spiro atoms. The fourth-order valence-corrected chi connectivity index (χ4v) is 2.82. The molecular weight excluding hydrogens is 345 g/mol. The van der Waals surface area contributed by atoms with Crippen LogP contribution >= 0.6 is 0 Å². The first-order valence-electron chi connectivity index (χ1n) is 8.95. The Morgan fingerprint density at radius 1 is 1.15 bits per heavy atom. The van der Waals surface area contributed by atoms with Gasteiger partial charge in [0, 0.05) is 25.5 Å². The highest BCUT2D eigenvalue weighted by atomic mass is 19.1. The normalized spacial score (nSPS) is 10.6. The fraction of sp³-hybridized carbons (Fsp3) is 0.238. The number of carbonyl (C=O) groups excluding carboxylic acids is 1. The van der Waals surface area contributed by atoms with Crippen molar-refractivity contribution in [2.24, 2.45) is 0 Å². The second-order valence-corrected chi connectivity index (χ2v) is 6.01. The number of carbonyl (C=O) groups is 1. The maximum absolute atomic E-state index is 13.0. The van der Waals surface area contributed by atoms with Crippen LogP contribution in [0, 0.1) is 5.82 Å². The first-order chi connectivity index (χ1) is 13.2. The Labute approximate surface area is 158 Å². The zero-order chi connectivity index (χ0) is 19.1. The standard InChI is InChI=1S/C21H22FN3O2/c1-2-24(14-6-16-27-18-11-9-17(22)10-12-18)21(26)19-7-3-4-8-20(19)25-15-5-13-23-25/h3-5,7-13,15H,2,6,14,16H2,1H3. The molecule has 1 aromatic heterocycles. The predicted molar refractivity (Wildman–Crippen MR) is 102 cm³/mol. The summed E-state index contributed by atoms with van der Waals surface area (Å²) < 4.78 is 20.2. The summed E-state index contributed by atoms with van der Waals surface area (Å²) in [5.74, 6) is 0.293. The number of aromatic nitrogens is 2. The molecule has 0 aliphatic rings. The largest absolute Gasteiger partial charge is 0.494 e. The Hall–Kier alpha value is -3.15. The Morgan fingerprint density at radius 3 is 2.63 bits per heavy atom. The summed E-state index contributed by atoms with van der Waals surface area (Å²) in [7, 11) is 0. The van der Waals surface area contributed by atoms with Gasteiger partial charge < -0.3 is 9.64 Å². The molecule has 0 atom stereocenters. The Kier molecular flexibility index (Phi) is 6.20. The quantitative estimate of drug-likeness (QED) is 0.567. The summed E-state index contributed by atoms with van der Waals surface area (Å²) >= 11 is 0. The van der Waals surface area contributed by atoms with Crippen molar-refractivity contribution in [2.45, 2.75) is 13.3 Å². The summed E-state index contributed by atoms with van der Waals surface area (Å²) in [4.78, 5) is 14.8. The highest BCUT2D eigenvalue weighted by molar-refractivity contribution is 5.97. The van der Waals surface area contributed by atoms with Crippen LogP contribution in [0.25, 0.3) is 5.69 Å². The third kappa shape index (κ3) is 4.73. The van der Waals surface area contributed by atoms with E-state index < -0.39 is 0 Å². The summed E-state index contributed by atoms with van der Waals surface area (Å²) in [5, 5.41) is 4.23. The van der Waals surface area contributed by atoms with Crippen molar-refractivity contribution in [3.05, 3.63) is 78.4 Å². The molecule has 0 aliphatic carbocycles. The molecule has 0 saturated carbocycles. The smallest absolute Gasteiger partial charge is 0.256 e. The Balaban J connectivity index is 1.60. The molecule has 1 amide bonds. The van der Waals surface area contributed by atoms with Crippen LogP contribution < -0.4 is 4.74 Å². The summed E-state index contributed by atoms with van der Waals surface area (Å²) in [6.07, 6.45) is 4.19. The number of hydrogen-bond donors (Lipinski definition) is 0. The summed E-state index contributed by atoms with van der Waals surface area (Å²) in [6, 6.07) is 15.2. The minimum atomic E-state index is -0.291. The van der Waals surface area contributed by atoms with E-state index in [-0.39, 0.29) is 11.7 Å². The highest BCUT2D eigenvalue weighted by Crippen LogP contribution is 2.16. The molecule has 3 rings (SSSR count). The van der Waals surface area contributed by atoms with Crippen molar-refractivity contribution in [2.75, 3.05) is 19.7 Å². The maximum atomic E-state index is 13.0. The lowest BCUT2D eigenvalue weighted by molar-refractivity contribution is 0.0756. The summed E-state index contributed by atoms with van der Waals surface area (Å²) in [6.45, 7) is 3.58. The van der Waals surface area contributed by atoms with Crippen LogP contribution in [-0.2, 0) is 0 Å². The lowest BCUT2D eigenvalue weighted by atomic mass is 10.1. The molecule has 0 saturated heterocycles. The van der Waals surface area contributed by atoms with Crippen molar-refractivity contribution in [1.29, 1.82) is 0 Å². The van der Waals surface area contributed by atoms with Gasteiger partial charge in [0.25, 0.3) is 5.91 Å². The van der Waals surface area contributed by atoms with Gasteiger partial charge in [0.1, 0.15) is 11.6 Å².